The van der Waals surface area contributed by atoms with Crippen LogP contribution >= 0.6 is 0 Å². The number of H-pyrrole nitrogens is 1. The zero-order chi connectivity index (χ0) is 9.97. The summed E-state index contributed by atoms with van der Waals surface area (Å²) in [4.78, 5) is 14.8. The van der Waals surface area contributed by atoms with E-state index in [9.17, 15) is 4.79 Å². The van der Waals surface area contributed by atoms with E-state index in [4.69, 9.17) is 4.74 Å². The molecule has 0 aliphatic carbocycles. The summed E-state index contributed by atoms with van der Waals surface area (Å²) < 4.78 is 5.03. The zero-order valence-corrected chi connectivity index (χ0v) is 8.22. The van der Waals surface area contributed by atoms with Gasteiger partial charge in [0.25, 0.3) is 0 Å². The van der Waals surface area contributed by atoms with Gasteiger partial charge in [-0.15, -0.1) is 0 Å². The van der Waals surface area contributed by atoms with Crippen LogP contribution in [-0.4, -0.2) is 25.2 Å². The molecule has 0 aromatic carbocycles. The first-order valence-electron chi connectivity index (χ1n) is 4.81. The molecule has 0 spiro atoms. The van der Waals surface area contributed by atoms with Crippen LogP contribution in [0.5, 0.6) is 5.88 Å². The van der Waals surface area contributed by atoms with Crippen LogP contribution in [0.2, 0.25) is 0 Å². The molecular formula is C10H14N2O2. The fraction of sp³-hybridized carbons (Fsp3) is 0.500. The molecule has 2 heterocycles. The predicted molar refractivity (Wildman–Crippen MR) is 53.9 cm³/mol. The lowest BCUT2D eigenvalue weighted by Gasteiger charge is -2.06. The molecule has 1 aromatic rings. The van der Waals surface area contributed by atoms with Gasteiger partial charge in [0, 0.05) is 30.3 Å². The van der Waals surface area contributed by atoms with E-state index in [1.54, 1.807) is 7.11 Å². The van der Waals surface area contributed by atoms with Gasteiger partial charge >= 0.3 is 0 Å². The van der Waals surface area contributed by atoms with E-state index in [0.717, 1.165) is 37.2 Å². The minimum absolute atomic E-state index is 0.0827. The SMILES string of the molecule is COc1cc(=O)c2c([nH]1)CCNCC2. The Morgan fingerprint density at radius 2 is 2.14 bits per heavy atom. The van der Waals surface area contributed by atoms with Gasteiger partial charge in [-0.25, -0.2) is 0 Å². The molecule has 0 radical (unpaired) electrons. The molecular weight excluding hydrogens is 180 g/mol. The molecule has 4 heteroatoms. The van der Waals surface area contributed by atoms with Crippen LogP contribution in [-0.2, 0) is 12.8 Å². The Labute approximate surface area is 82.3 Å². The van der Waals surface area contributed by atoms with Crippen LogP contribution in [0, 0.1) is 0 Å². The Hall–Kier alpha value is -1.29. The molecule has 2 N–H and O–H groups in total. The lowest BCUT2D eigenvalue weighted by molar-refractivity contribution is 0.395. The van der Waals surface area contributed by atoms with E-state index in [-0.39, 0.29) is 5.43 Å². The molecule has 0 atom stereocenters. The van der Waals surface area contributed by atoms with Gasteiger partial charge < -0.3 is 15.0 Å². The Morgan fingerprint density at radius 3 is 2.93 bits per heavy atom. The van der Waals surface area contributed by atoms with Crippen molar-refractivity contribution in [3.63, 3.8) is 0 Å². The molecule has 0 unspecified atom stereocenters. The third-order valence-electron chi connectivity index (χ3n) is 2.52. The van der Waals surface area contributed by atoms with Crippen LogP contribution in [0.4, 0.5) is 0 Å². The molecule has 76 valence electrons. The van der Waals surface area contributed by atoms with Gasteiger partial charge in [0.05, 0.1) is 7.11 Å². The highest BCUT2D eigenvalue weighted by molar-refractivity contribution is 5.27. The highest BCUT2D eigenvalue weighted by Crippen LogP contribution is 2.10. The molecule has 4 nitrogen and oxygen atoms in total. The number of aromatic nitrogens is 1. The van der Waals surface area contributed by atoms with Crippen molar-refractivity contribution in [1.82, 2.24) is 10.3 Å². The lowest BCUT2D eigenvalue weighted by Crippen LogP contribution is -2.17. The number of pyridine rings is 1. The highest BCUT2D eigenvalue weighted by Gasteiger charge is 2.12. The molecule has 0 bridgehead atoms. The van der Waals surface area contributed by atoms with Crippen molar-refractivity contribution >= 4 is 0 Å². The first-order chi connectivity index (χ1) is 6.81. The van der Waals surface area contributed by atoms with E-state index >= 15 is 0 Å². The Morgan fingerprint density at radius 1 is 1.36 bits per heavy atom. The molecule has 1 aliphatic rings. The topological polar surface area (TPSA) is 54.1 Å². The number of fused-ring (bicyclic) bond motifs is 1. The fourth-order valence-corrected chi connectivity index (χ4v) is 1.76. The van der Waals surface area contributed by atoms with Crippen molar-refractivity contribution in [3.05, 3.63) is 27.5 Å². The van der Waals surface area contributed by atoms with Gasteiger partial charge in [0.15, 0.2) is 11.3 Å². The number of nitrogens with one attached hydrogen (secondary N) is 2. The van der Waals surface area contributed by atoms with Crippen LogP contribution in [0.25, 0.3) is 0 Å². The number of methoxy groups -OCH3 is 1. The third kappa shape index (κ3) is 1.65. The van der Waals surface area contributed by atoms with Crippen LogP contribution in [0.3, 0.4) is 0 Å². The third-order valence-corrected chi connectivity index (χ3v) is 2.52. The largest absolute Gasteiger partial charge is 0.482 e. The molecule has 2 rings (SSSR count). The minimum atomic E-state index is 0.0827. The molecule has 0 saturated heterocycles. The Balaban J connectivity index is 2.48. The lowest BCUT2D eigenvalue weighted by atomic mass is 10.1. The second kappa shape index (κ2) is 3.84. The Kier molecular flexibility index (Phi) is 2.54. The van der Waals surface area contributed by atoms with Crippen LogP contribution in [0.1, 0.15) is 11.3 Å². The zero-order valence-electron chi connectivity index (χ0n) is 8.22. The number of rotatable bonds is 1. The first kappa shape index (κ1) is 9.27. The molecule has 0 saturated carbocycles. The van der Waals surface area contributed by atoms with Gasteiger partial charge in [-0.1, -0.05) is 0 Å². The first-order valence-corrected chi connectivity index (χ1v) is 4.81. The minimum Gasteiger partial charge on any atom is -0.482 e. The van der Waals surface area contributed by atoms with E-state index in [1.165, 1.54) is 6.07 Å². The van der Waals surface area contributed by atoms with Gasteiger partial charge in [0.1, 0.15) is 0 Å². The number of aromatic amines is 1. The van der Waals surface area contributed by atoms with Crippen molar-refractivity contribution < 1.29 is 4.74 Å². The summed E-state index contributed by atoms with van der Waals surface area (Å²) in [6.07, 6.45) is 1.66. The summed E-state index contributed by atoms with van der Waals surface area (Å²) in [5, 5.41) is 3.26. The molecule has 0 amide bonds. The van der Waals surface area contributed by atoms with Crippen molar-refractivity contribution in [2.75, 3.05) is 20.2 Å². The average molecular weight is 194 g/mol. The smallest absolute Gasteiger partial charge is 0.194 e. The van der Waals surface area contributed by atoms with Crippen LogP contribution in [0.15, 0.2) is 10.9 Å². The van der Waals surface area contributed by atoms with Crippen LogP contribution < -0.4 is 15.5 Å². The summed E-state index contributed by atoms with van der Waals surface area (Å²) in [7, 11) is 1.56. The quantitative estimate of drug-likeness (QED) is 0.665. The molecule has 1 aromatic heterocycles. The van der Waals surface area contributed by atoms with E-state index in [2.05, 4.69) is 10.3 Å². The van der Waals surface area contributed by atoms with Gasteiger partial charge in [0.2, 0.25) is 0 Å². The van der Waals surface area contributed by atoms with E-state index in [1.807, 2.05) is 0 Å². The van der Waals surface area contributed by atoms with E-state index in [0.29, 0.717) is 5.88 Å². The second-order valence-corrected chi connectivity index (χ2v) is 3.41. The normalized spacial score (nSPS) is 15.8. The standard InChI is InChI=1S/C10H14N2O2/c1-14-10-6-9(13)7-2-4-11-5-3-8(7)12-10/h6,11H,2-5H2,1H3,(H,12,13). The maximum absolute atomic E-state index is 11.7. The molecule has 0 fully saturated rings. The Bertz CT molecular complexity index is 384. The van der Waals surface area contributed by atoms with Gasteiger partial charge in [-0.2, -0.15) is 0 Å². The highest BCUT2D eigenvalue weighted by atomic mass is 16.5. The average Bonchev–Trinajstić information content (AvgIpc) is 2.42. The summed E-state index contributed by atoms with van der Waals surface area (Å²) >= 11 is 0. The van der Waals surface area contributed by atoms with E-state index < -0.39 is 0 Å². The summed E-state index contributed by atoms with van der Waals surface area (Å²) in [6, 6.07) is 1.52. The van der Waals surface area contributed by atoms with Gasteiger partial charge in [-0.05, 0) is 13.0 Å². The summed E-state index contributed by atoms with van der Waals surface area (Å²) in [5.74, 6) is 0.552. The number of hydrogen-bond donors (Lipinski definition) is 2. The van der Waals surface area contributed by atoms with Crippen molar-refractivity contribution in [2.24, 2.45) is 0 Å². The summed E-state index contributed by atoms with van der Waals surface area (Å²) in [6.45, 7) is 1.79. The number of hydrogen-bond acceptors (Lipinski definition) is 3. The molecule has 1 aliphatic heterocycles. The predicted octanol–water partition coefficient (Wildman–Crippen LogP) is 0.0717. The van der Waals surface area contributed by atoms with Crippen molar-refractivity contribution in [2.45, 2.75) is 12.8 Å². The monoisotopic (exact) mass is 194 g/mol. The van der Waals surface area contributed by atoms with Gasteiger partial charge in [-0.3, -0.25) is 4.79 Å². The van der Waals surface area contributed by atoms with Crippen molar-refractivity contribution in [3.8, 4) is 5.88 Å². The summed E-state index contributed by atoms with van der Waals surface area (Å²) in [5.41, 5.74) is 1.99. The van der Waals surface area contributed by atoms with Crippen molar-refractivity contribution in [1.29, 1.82) is 0 Å². The molecule has 14 heavy (non-hydrogen) atoms. The number of ether oxygens (including phenoxy) is 1. The fourth-order valence-electron chi connectivity index (χ4n) is 1.76. The maximum Gasteiger partial charge on any atom is 0.194 e. The maximum atomic E-state index is 11.7. The second-order valence-electron chi connectivity index (χ2n) is 3.41.